The molecule has 0 aliphatic carbocycles. The Morgan fingerprint density at radius 1 is 0.190 bits per heavy atom. The van der Waals surface area contributed by atoms with Gasteiger partial charge >= 0.3 is 0 Å². The zero-order chi connectivity index (χ0) is 92.0. The van der Waals surface area contributed by atoms with E-state index in [0.717, 1.165) is 61.8 Å². The minimum absolute atomic E-state index is 0.0589. The summed E-state index contributed by atoms with van der Waals surface area (Å²) in [4.78, 5) is 22.7. The summed E-state index contributed by atoms with van der Waals surface area (Å²) in [6, 6.07) is 154. The van der Waals surface area contributed by atoms with Crippen molar-refractivity contribution in [2.75, 3.05) is 0 Å². The predicted octanol–water partition coefficient (Wildman–Crippen LogP) is 35.3. The van der Waals surface area contributed by atoms with E-state index in [2.05, 4.69) is 441 Å². The van der Waals surface area contributed by atoms with Gasteiger partial charge in [-0.15, -0.1) is 0 Å². The lowest BCUT2D eigenvalue weighted by Gasteiger charge is -2.23. The molecule has 0 aliphatic heterocycles. The van der Waals surface area contributed by atoms with Gasteiger partial charge in [-0.25, -0.2) is 0 Å². The van der Waals surface area contributed by atoms with E-state index < -0.39 is 0 Å². The summed E-state index contributed by atoms with van der Waals surface area (Å²) in [6.07, 6.45) is 11.2. The van der Waals surface area contributed by atoms with Gasteiger partial charge in [-0.05, 0) is 294 Å². The Bertz CT molecular complexity index is 8820. The normalized spacial score (nSPS) is 11.9. The molecule has 0 fully saturated rings. The number of fused-ring (bicyclic) bond motifs is 6. The first-order valence-electron chi connectivity index (χ1n) is 47.3. The van der Waals surface area contributed by atoms with Gasteiger partial charge in [-0.2, -0.15) is 0 Å². The maximum atomic E-state index is 4.60. The highest BCUT2D eigenvalue weighted by molar-refractivity contribution is 6.31. The topological polar surface area (TPSA) is 69.4 Å². The second-order valence-corrected chi connectivity index (χ2v) is 38.2. The first-order valence-corrected chi connectivity index (χ1v) is 47.3. The van der Waals surface area contributed by atoms with Crippen molar-refractivity contribution in [2.24, 2.45) is 0 Å². The van der Waals surface area contributed by atoms with Gasteiger partial charge in [0.05, 0.1) is 33.8 Å². The molecule has 0 saturated heterocycles. The summed E-state index contributed by atoms with van der Waals surface area (Å²) in [7, 11) is 0. The van der Waals surface area contributed by atoms with Gasteiger partial charge in [0.2, 0.25) is 0 Å². The zero-order valence-electron chi connectivity index (χ0n) is 77.1. The lowest BCUT2D eigenvalue weighted by Crippen LogP contribution is -2.10. The Kier molecular flexibility index (Phi) is 20.7. The molecule has 0 N–H and O–H groups in total. The van der Waals surface area contributed by atoms with E-state index in [0.29, 0.717) is 0 Å². The van der Waals surface area contributed by atoms with Crippen LogP contribution in [0.5, 0.6) is 0 Å². The molecular formula is C131H94N6. The van der Waals surface area contributed by atoms with Crippen LogP contribution in [0.1, 0.15) is 52.7 Å². The van der Waals surface area contributed by atoms with E-state index in [-0.39, 0.29) is 10.8 Å². The molecule has 6 heterocycles. The predicted molar refractivity (Wildman–Crippen MR) is 580 cm³/mol. The van der Waals surface area contributed by atoms with Gasteiger partial charge in [0.1, 0.15) is 0 Å². The molecular weight excluding hydrogens is 1660 g/mol. The average Bonchev–Trinajstić information content (AvgIpc) is 1.26. The third-order valence-corrected chi connectivity index (χ3v) is 27.8. The number of aromatic nitrogens is 6. The summed E-state index contributed by atoms with van der Waals surface area (Å²) >= 11 is 0. The third kappa shape index (κ3) is 15.2. The van der Waals surface area contributed by atoms with E-state index >= 15 is 0 Å². The van der Waals surface area contributed by atoms with Crippen LogP contribution >= 0.6 is 0 Å². The SMILES string of the molecule is CC(C)(C)c1cc2ccc3c(-c4ccc(-c5ccccn5)cc4)cc(-c4ccc(-c5ccccn5)cc4)c4ccc(c1)c2c34.CC(C)(C)c1cc2ccc3c(-c4ccc(-c5ccccn5)cc4)cc(-c4cccc(-n5c6ccccc6c6ccccc65)c4)c4ccc(c1)c2c34.c1ccc(-c2c3ccccc3c(-c3ccc4cc(-c5cncc(-c6ccccn6)c5)ccc4c3)c3ccccc23)cc1. The molecule has 0 aliphatic rings. The highest BCUT2D eigenvalue weighted by atomic mass is 15.0. The van der Waals surface area contributed by atoms with Crippen LogP contribution in [0.25, 0.3) is 247 Å². The second-order valence-electron chi connectivity index (χ2n) is 38.2. The summed E-state index contributed by atoms with van der Waals surface area (Å²) in [5.41, 5.74) is 31.7. The van der Waals surface area contributed by atoms with Gasteiger partial charge in [-0.3, -0.25) is 24.9 Å². The van der Waals surface area contributed by atoms with Crippen LogP contribution < -0.4 is 0 Å². The minimum atomic E-state index is 0.0589. The van der Waals surface area contributed by atoms with Crippen LogP contribution in [0.2, 0.25) is 0 Å². The number of nitrogens with zero attached hydrogens (tertiary/aromatic N) is 6. The highest BCUT2D eigenvalue weighted by Crippen LogP contribution is 2.51. The van der Waals surface area contributed by atoms with Crippen molar-refractivity contribution in [3.63, 3.8) is 0 Å². The molecule has 648 valence electrons. The van der Waals surface area contributed by atoms with E-state index in [1.807, 2.05) is 91.8 Å². The van der Waals surface area contributed by atoms with Gasteiger partial charge in [0.15, 0.2) is 0 Å². The molecule has 20 aromatic carbocycles. The molecule has 0 radical (unpaired) electrons. The van der Waals surface area contributed by atoms with E-state index in [4.69, 9.17) is 0 Å². The number of hydrogen-bond acceptors (Lipinski definition) is 5. The third-order valence-electron chi connectivity index (χ3n) is 27.8. The van der Waals surface area contributed by atoms with Crippen LogP contribution in [0.4, 0.5) is 0 Å². The number of para-hydroxylation sites is 2. The van der Waals surface area contributed by atoms with E-state index in [9.17, 15) is 0 Å². The molecule has 26 rings (SSSR count). The average molecular weight is 1750 g/mol. The highest BCUT2D eigenvalue weighted by Gasteiger charge is 2.26. The Labute approximate surface area is 796 Å². The van der Waals surface area contributed by atoms with Crippen LogP contribution in [0.15, 0.2) is 462 Å². The van der Waals surface area contributed by atoms with Crippen LogP contribution in [0.3, 0.4) is 0 Å². The smallest absolute Gasteiger partial charge is 0.0717 e. The quantitative estimate of drug-likeness (QED) is 0.0900. The maximum absolute atomic E-state index is 4.60. The summed E-state index contributed by atoms with van der Waals surface area (Å²) in [6.45, 7) is 13.8. The van der Waals surface area contributed by atoms with Crippen LogP contribution in [-0.4, -0.2) is 29.5 Å². The van der Waals surface area contributed by atoms with Crippen molar-refractivity contribution in [3.8, 4) is 129 Å². The number of hydrogen-bond donors (Lipinski definition) is 0. The first-order chi connectivity index (χ1) is 67.2. The number of pyridine rings is 5. The molecule has 0 saturated carbocycles. The van der Waals surface area contributed by atoms with Crippen LogP contribution in [-0.2, 0) is 10.8 Å². The van der Waals surface area contributed by atoms with Gasteiger partial charge in [0, 0.05) is 81.5 Å². The lowest BCUT2D eigenvalue weighted by molar-refractivity contribution is 0.591. The van der Waals surface area contributed by atoms with Crippen molar-refractivity contribution in [1.29, 1.82) is 0 Å². The largest absolute Gasteiger partial charge is 0.309 e. The fourth-order valence-corrected chi connectivity index (χ4v) is 20.9. The van der Waals surface area contributed by atoms with Crippen LogP contribution in [0, 0.1) is 0 Å². The van der Waals surface area contributed by atoms with Crippen molar-refractivity contribution in [3.05, 3.63) is 473 Å². The monoisotopic (exact) mass is 1750 g/mol. The minimum Gasteiger partial charge on any atom is -0.309 e. The molecule has 0 unspecified atom stereocenters. The maximum Gasteiger partial charge on any atom is 0.0717 e. The molecule has 0 bridgehead atoms. The Morgan fingerprint density at radius 2 is 0.511 bits per heavy atom. The number of benzene rings is 20. The van der Waals surface area contributed by atoms with E-state index in [1.54, 1.807) is 0 Å². The second kappa shape index (κ2) is 34.1. The molecule has 0 amide bonds. The van der Waals surface area contributed by atoms with Crippen molar-refractivity contribution >= 4 is 119 Å². The van der Waals surface area contributed by atoms with Gasteiger partial charge in [-0.1, -0.05) is 363 Å². The molecule has 6 aromatic heterocycles. The molecule has 137 heavy (non-hydrogen) atoms. The Morgan fingerprint density at radius 3 is 0.912 bits per heavy atom. The standard InChI is InChI=1S/C49H36N2.C42H32N2.C40H26N2/c1-49(2,3)36-27-34-22-24-40-42(31-18-20-32(21-19-31)44-15-8-9-26-50-44)30-43(41-25-23-35(28-36)47(34)48(40)41)33-11-10-12-37(29-33)51-45-16-6-4-13-38(45)39-14-5-7-17-46(39)51;1-42(2,3)33-24-31-18-20-34-36(27-10-14-29(15-11-27)38-8-4-6-22-43-38)26-37(35-21-19-32(25-33)40(31)41(34)35)28-12-16-30(17-13-28)39-9-5-7-23-44-39;1-2-10-27(11-3-1)39-34-12-4-6-14-36(34)40(37-15-7-5-13-35(37)39)31-20-19-28-22-30(18-17-29(28)23-31)32-24-33(26-41-25-32)38-16-8-9-21-42-38/h4-30H,1-3H3;4-26H,1-3H3;1-26H. The van der Waals surface area contributed by atoms with Crippen molar-refractivity contribution in [2.45, 2.75) is 52.4 Å². The first kappa shape index (κ1) is 82.9. The number of rotatable bonds is 12. The summed E-state index contributed by atoms with van der Waals surface area (Å²) in [5, 5.41) is 25.7. The fraction of sp³-hybridized carbons (Fsp3) is 0.0611. The molecule has 26 aromatic rings. The summed E-state index contributed by atoms with van der Waals surface area (Å²) < 4.78 is 2.41. The van der Waals surface area contributed by atoms with Gasteiger partial charge < -0.3 is 4.57 Å². The van der Waals surface area contributed by atoms with Gasteiger partial charge in [0.25, 0.3) is 0 Å². The Hall–Kier alpha value is -17.2. The summed E-state index contributed by atoms with van der Waals surface area (Å²) in [5.74, 6) is 0. The molecule has 6 heteroatoms. The molecule has 6 nitrogen and oxygen atoms in total. The molecule has 0 spiro atoms. The van der Waals surface area contributed by atoms with Crippen molar-refractivity contribution in [1.82, 2.24) is 29.5 Å². The fourth-order valence-electron chi connectivity index (χ4n) is 20.9. The lowest BCUT2D eigenvalue weighted by atomic mass is 9.81. The Balaban J connectivity index is 0.000000113. The molecule has 0 atom stereocenters. The van der Waals surface area contributed by atoms with Crippen molar-refractivity contribution < 1.29 is 0 Å². The zero-order valence-corrected chi connectivity index (χ0v) is 77.1. The van der Waals surface area contributed by atoms with E-state index in [1.165, 1.54) is 197 Å².